The summed E-state index contributed by atoms with van der Waals surface area (Å²) in [5.74, 6) is -10.5. The van der Waals surface area contributed by atoms with Crippen LogP contribution in [0.25, 0.3) is 0 Å². The number of hydrogen-bond donors (Lipinski definition) is 14. The molecule has 3 heterocycles. The van der Waals surface area contributed by atoms with Crippen LogP contribution in [0.5, 0.6) is 11.5 Å². The first-order valence-corrected chi connectivity index (χ1v) is 23.1. The molecule has 13 atom stereocenters. The van der Waals surface area contributed by atoms with Crippen LogP contribution in [-0.2, 0) is 50.4 Å². The van der Waals surface area contributed by atoms with Crippen LogP contribution in [0, 0.1) is 5.92 Å². The molecule has 15 N–H and O–H groups in total. The topological polar surface area (TPSA) is 432 Å². The molecule has 68 heavy (non-hydrogen) atoms. The number of aromatic hydroxyl groups is 1. The average molecular weight is 989 g/mol. The number of benzene rings is 1. The summed E-state index contributed by atoms with van der Waals surface area (Å²) >= 11 is 0. The lowest BCUT2D eigenvalue weighted by Crippen LogP contribution is -2.64. The summed E-state index contributed by atoms with van der Waals surface area (Å²) in [5.41, 5.74) is 5.90. The van der Waals surface area contributed by atoms with Crippen molar-refractivity contribution in [2.75, 3.05) is 32.7 Å². The average Bonchev–Trinajstić information content (AvgIpc) is 3.79. The molecule has 4 rings (SSSR count). The number of carbonyl (C=O) groups excluding carboxylic acids is 7. The van der Waals surface area contributed by atoms with Gasteiger partial charge >= 0.3 is 0 Å². The van der Waals surface area contributed by atoms with E-state index in [1.807, 2.05) is 13.8 Å². The molecule has 1 aromatic rings. The molecule has 3 aliphatic heterocycles. The van der Waals surface area contributed by atoms with Crippen molar-refractivity contribution in [3.63, 3.8) is 0 Å². The SMILES string of the molecule is CC(C)NCCNC(=O)C[C@@H](O)[C@@H]1NC(=O)[C@H]([C@H](O)Cc2ccc(O)c(OS(=O)(=O)[O-])c2)NC(=O)[C@@H]2C[C@@H](O)CN2C(=O)C([C@@H](C)O)NC(=O)C(N)C[C@@H](O)CNC(=O)[C@@H]2[C@@H](O)[C@@H](C)CN2C1=O. The zero-order valence-electron chi connectivity index (χ0n) is 37.7. The number of aliphatic hydroxyl groups is 6. The van der Waals surface area contributed by atoms with E-state index in [9.17, 15) is 82.3 Å². The standard InChI is InChI=1S/C40H63N9O18S/c1-17(2)42-7-8-43-29(56)13-27(55)32-40(63)49-15-18(3)34(57)33(49)38(61)44-14-21(51)11-23(41)35(58)45-30(19(4)50)39(62)48-16-22(52)12-24(48)36(59)46-31(37(60)47-32)26(54)9-20-5-6-25(53)28(10-20)67-68(64,65)66/h5-6,10,17-19,21-24,26-27,30-34,42,50-55,57H,7-9,11-16,41H2,1-4H3,(H,43,56)(H,44,61)(H,45,58)(H,46,59)(H,47,60)(H,64,65,66)/p-1/t18-,19+,21+,22+,23?,24-,26+,27+,30?,31-,32-,33-,34-/m0/s1. The Morgan fingerprint density at radius 1 is 0.853 bits per heavy atom. The van der Waals surface area contributed by atoms with Crippen LogP contribution in [0.1, 0.15) is 52.5 Å². The van der Waals surface area contributed by atoms with Gasteiger partial charge in [0.1, 0.15) is 30.2 Å². The number of amides is 7. The number of aliphatic hydroxyl groups excluding tert-OH is 6. The normalized spacial score (nSPS) is 29.7. The van der Waals surface area contributed by atoms with Crippen molar-refractivity contribution in [3.05, 3.63) is 23.8 Å². The van der Waals surface area contributed by atoms with E-state index in [0.717, 1.165) is 34.9 Å². The number of nitrogens with zero attached hydrogens (tertiary/aromatic N) is 2. The molecule has 0 aliphatic carbocycles. The quantitative estimate of drug-likeness (QED) is 0.0496. The second-order valence-corrected chi connectivity index (χ2v) is 18.5. The van der Waals surface area contributed by atoms with Gasteiger partial charge in [-0.2, -0.15) is 0 Å². The fourth-order valence-electron chi connectivity index (χ4n) is 7.99. The van der Waals surface area contributed by atoms with Crippen LogP contribution in [0.2, 0.25) is 0 Å². The molecule has 3 aliphatic rings. The summed E-state index contributed by atoms with van der Waals surface area (Å²) in [4.78, 5) is 99.0. The molecule has 382 valence electrons. The van der Waals surface area contributed by atoms with Gasteiger partial charge in [-0.1, -0.05) is 26.8 Å². The zero-order chi connectivity index (χ0) is 50.9. The lowest BCUT2D eigenvalue weighted by Gasteiger charge is -2.34. The van der Waals surface area contributed by atoms with E-state index in [2.05, 4.69) is 36.1 Å². The fraction of sp³-hybridized carbons (Fsp3) is 0.675. The molecule has 27 nitrogen and oxygen atoms in total. The van der Waals surface area contributed by atoms with Gasteiger partial charge in [-0.15, -0.1) is 0 Å². The Kier molecular flexibility index (Phi) is 19.4. The van der Waals surface area contributed by atoms with Crippen molar-refractivity contribution in [1.29, 1.82) is 0 Å². The number of hydrogen-bond acceptors (Lipinski definition) is 20. The second kappa shape index (κ2) is 23.8. The number of phenols is 1. The van der Waals surface area contributed by atoms with Crippen molar-refractivity contribution in [2.45, 2.75) is 132 Å². The first-order valence-electron chi connectivity index (χ1n) is 21.8. The summed E-state index contributed by atoms with van der Waals surface area (Å²) < 4.78 is 38.3. The van der Waals surface area contributed by atoms with Crippen LogP contribution >= 0.6 is 0 Å². The zero-order valence-corrected chi connectivity index (χ0v) is 38.5. The minimum atomic E-state index is -5.45. The summed E-state index contributed by atoms with van der Waals surface area (Å²) in [6, 6.07) is -8.42. The van der Waals surface area contributed by atoms with E-state index in [1.165, 1.54) is 6.92 Å². The largest absolute Gasteiger partial charge is 0.716 e. The Balaban J connectivity index is 1.83. The summed E-state index contributed by atoms with van der Waals surface area (Å²) in [6.45, 7) is 5.13. The molecule has 0 spiro atoms. The molecular weight excluding hydrogens is 927 g/mol. The summed E-state index contributed by atoms with van der Waals surface area (Å²) in [6.07, 6.45) is -13.1. The Bertz CT molecular complexity index is 2120. The first kappa shape index (κ1) is 55.3. The summed E-state index contributed by atoms with van der Waals surface area (Å²) in [5, 5.41) is 91.4. The monoisotopic (exact) mass is 988 g/mol. The van der Waals surface area contributed by atoms with Gasteiger partial charge < -0.3 is 91.9 Å². The van der Waals surface area contributed by atoms with Gasteiger partial charge in [-0.05, 0) is 31.0 Å². The Hall–Kier alpha value is -5.30. The Morgan fingerprint density at radius 2 is 1.49 bits per heavy atom. The predicted octanol–water partition coefficient (Wildman–Crippen LogP) is -7.79. The van der Waals surface area contributed by atoms with Crippen molar-refractivity contribution in [1.82, 2.24) is 41.7 Å². The van der Waals surface area contributed by atoms with Crippen molar-refractivity contribution in [2.24, 2.45) is 11.7 Å². The number of nitrogens with two attached hydrogens (primary N) is 1. The van der Waals surface area contributed by atoms with E-state index in [1.54, 1.807) is 0 Å². The first-order chi connectivity index (χ1) is 31.7. The third-order valence-corrected chi connectivity index (χ3v) is 11.9. The van der Waals surface area contributed by atoms with Crippen LogP contribution < -0.4 is 41.8 Å². The fourth-order valence-corrected chi connectivity index (χ4v) is 8.34. The number of nitrogens with one attached hydrogen (secondary N) is 6. The van der Waals surface area contributed by atoms with Crippen LogP contribution in [-0.4, -0.2) is 212 Å². The lowest BCUT2D eigenvalue weighted by atomic mass is 9.98. The molecule has 7 amide bonds. The van der Waals surface area contributed by atoms with E-state index in [-0.39, 0.29) is 24.7 Å². The van der Waals surface area contributed by atoms with Crippen molar-refractivity contribution >= 4 is 51.7 Å². The highest BCUT2D eigenvalue weighted by atomic mass is 32.3. The molecule has 28 heteroatoms. The van der Waals surface area contributed by atoms with E-state index in [0.29, 0.717) is 6.54 Å². The highest BCUT2D eigenvalue weighted by Gasteiger charge is 2.50. The molecule has 2 unspecified atom stereocenters. The van der Waals surface area contributed by atoms with Crippen molar-refractivity contribution in [3.8, 4) is 11.5 Å². The van der Waals surface area contributed by atoms with Gasteiger partial charge in [-0.3, -0.25) is 33.6 Å². The number of phenolic OH excluding ortho intramolecular Hbond substituents is 1. The highest BCUT2D eigenvalue weighted by molar-refractivity contribution is 7.81. The van der Waals surface area contributed by atoms with Gasteiger partial charge in [0.05, 0.1) is 49.1 Å². The van der Waals surface area contributed by atoms with Crippen LogP contribution in [0.15, 0.2) is 18.2 Å². The maximum atomic E-state index is 14.6. The van der Waals surface area contributed by atoms with Gasteiger partial charge in [0.2, 0.25) is 41.4 Å². The molecular formula is C40H62N9O18S-. The van der Waals surface area contributed by atoms with E-state index >= 15 is 0 Å². The Labute approximate surface area is 391 Å². The van der Waals surface area contributed by atoms with E-state index in [4.69, 9.17) is 5.73 Å². The molecule has 0 radical (unpaired) electrons. The van der Waals surface area contributed by atoms with E-state index < -0.39 is 181 Å². The molecule has 0 bridgehead atoms. The predicted molar refractivity (Wildman–Crippen MR) is 231 cm³/mol. The maximum Gasteiger partial charge on any atom is 0.262 e. The third kappa shape index (κ3) is 14.8. The van der Waals surface area contributed by atoms with Gasteiger partial charge in [0, 0.05) is 57.5 Å². The van der Waals surface area contributed by atoms with Crippen LogP contribution in [0.3, 0.4) is 0 Å². The second-order valence-electron chi connectivity index (χ2n) is 17.5. The highest BCUT2D eigenvalue weighted by Crippen LogP contribution is 2.30. The number of fused-ring (bicyclic) bond motifs is 2. The van der Waals surface area contributed by atoms with Gasteiger partial charge in [-0.25, -0.2) is 8.42 Å². The molecule has 3 saturated heterocycles. The van der Waals surface area contributed by atoms with Crippen molar-refractivity contribution < 1.29 is 86.5 Å². The molecule has 1 aromatic carbocycles. The minimum Gasteiger partial charge on any atom is -0.716 e. The Morgan fingerprint density at radius 3 is 2.12 bits per heavy atom. The maximum absolute atomic E-state index is 14.6. The number of rotatable bonds is 13. The third-order valence-electron chi connectivity index (χ3n) is 11.5. The molecule has 3 fully saturated rings. The number of β-amino-alcohol motifs (C(OH)–C–C–N with tert-alkyl or cyclic N) is 1. The molecule has 0 aromatic heterocycles. The minimum absolute atomic E-state index is 0.0482. The summed E-state index contributed by atoms with van der Waals surface area (Å²) in [7, 11) is -5.45. The van der Waals surface area contributed by atoms with Gasteiger partial charge in [0.25, 0.3) is 10.4 Å². The van der Waals surface area contributed by atoms with Gasteiger partial charge in [0.15, 0.2) is 11.5 Å². The molecule has 0 saturated carbocycles. The lowest BCUT2D eigenvalue weighted by molar-refractivity contribution is -0.147. The number of carbonyl (C=O) groups is 7. The smallest absolute Gasteiger partial charge is 0.262 e. The van der Waals surface area contributed by atoms with Crippen LogP contribution in [0.4, 0.5) is 0 Å².